The molecule has 1 aromatic carbocycles. The Balaban J connectivity index is 2.23. The van der Waals surface area contributed by atoms with Gasteiger partial charge < -0.3 is 4.42 Å². The van der Waals surface area contributed by atoms with Gasteiger partial charge in [0.15, 0.2) is 4.90 Å². The van der Waals surface area contributed by atoms with Crippen LogP contribution in [0, 0.1) is 5.82 Å². The molecule has 3 rings (SSSR count). The Bertz CT molecular complexity index is 730. The first-order chi connectivity index (χ1) is 8.24. The van der Waals surface area contributed by atoms with Gasteiger partial charge in [0, 0.05) is 5.56 Å². The number of fused-ring (bicyclic) bond motifs is 1. The van der Waals surface area contributed by atoms with E-state index in [2.05, 4.69) is 4.98 Å². The third kappa shape index (κ3) is 1.74. The Morgan fingerprint density at radius 1 is 1.18 bits per heavy atom. The molecule has 0 saturated carbocycles. The number of aromatic nitrogens is 1. The molecule has 0 fully saturated rings. The van der Waals surface area contributed by atoms with Gasteiger partial charge in [-0.15, -0.1) is 11.3 Å². The van der Waals surface area contributed by atoms with Crippen LogP contribution in [0.25, 0.3) is 21.7 Å². The monoisotopic (exact) mass is 247 g/mol. The lowest BCUT2D eigenvalue weighted by Gasteiger charge is -1.98. The lowest BCUT2D eigenvalue weighted by molar-refractivity contribution is 0.601. The molecule has 0 amide bonds. The maximum Gasteiger partial charge on any atom is 0.284 e. The van der Waals surface area contributed by atoms with Crippen LogP contribution in [-0.4, -0.2) is 4.98 Å². The van der Waals surface area contributed by atoms with Gasteiger partial charge in [-0.25, -0.2) is 4.39 Å². The van der Waals surface area contributed by atoms with Crippen molar-refractivity contribution in [1.82, 2.24) is 4.98 Å². The van der Waals surface area contributed by atoms with E-state index in [1.807, 2.05) is 0 Å². The van der Waals surface area contributed by atoms with Crippen LogP contribution in [0.2, 0.25) is 0 Å². The van der Waals surface area contributed by atoms with E-state index in [4.69, 9.17) is 4.42 Å². The predicted molar refractivity (Wildman–Crippen MR) is 63.6 cm³/mol. The fourth-order valence-electron chi connectivity index (χ4n) is 1.51. The fraction of sp³-hybridized carbons (Fsp3) is 0. The molecule has 0 bridgehead atoms. The molecule has 5 heteroatoms. The van der Waals surface area contributed by atoms with Crippen LogP contribution in [-0.2, 0) is 0 Å². The largest absolute Gasteiger partial charge is 0.427 e. The summed E-state index contributed by atoms with van der Waals surface area (Å²) in [5, 5.41) is 2.24. The fourth-order valence-corrected chi connectivity index (χ4v) is 2.25. The Hall–Kier alpha value is -2.01. The SMILES string of the molecule is O=c1nc(-c2ccc(F)cc2)oc2sccc12. The highest BCUT2D eigenvalue weighted by Crippen LogP contribution is 2.23. The molecule has 2 aromatic heterocycles. The highest BCUT2D eigenvalue weighted by Gasteiger charge is 2.09. The van der Waals surface area contributed by atoms with Gasteiger partial charge in [0.05, 0.1) is 5.39 Å². The van der Waals surface area contributed by atoms with Gasteiger partial charge >= 0.3 is 0 Å². The summed E-state index contributed by atoms with van der Waals surface area (Å²) < 4.78 is 18.3. The number of thiophene rings is 1. The third-order valence-electron chi connectivity index (χ3n) is 2.34. The molecule has 0 N–H and O–H groups in total. The zero-order valence-corrected chi connectivity index (χ0v) is 9.33. The zero-order chi connectivity index (χ0) is 11.8. The second-order valence-electron chi connectivity index (χ2n) is 3.45. The lowest BCUT2D eigenvalue weighted by atomic mass is 10.2. The van der Waals surface area contributed by atoms with Crippen LogP contribution in [0.1, 0.15) is 0 Å². The molecule has 0 unspecified atom stereocenters. The van der Waals surface area contributed by atoms with Gasteiger partial charge in [0.2, 0.25) is 5.89 Å². The highest BCUT2D eigenvalue weighted by atomic mass is 32.1. The topological polar surface area (TPSA) is 43.1 Å². The van der Waals surface area contributed by atoms with Gasteiger partial charge in [-0.05, 0) is 35.7 Å². The van der Waals surface area contributed by atoms with Crippen molar-refractivity contribution in [3.05, 3.63) is 51.9 Å². The van der Waals surface area contributed by atoms with Crippen molar-refractivity contribution in [3.8, 4) is 11.5 Å². The first-order valence-corrected chi connectivity index (χ1v) is 5.76. The van der Waals surface area contributed by atoms with Crippen LogP contribution in [0.3, 0.4) is 0 Å². The molecule has 3 nitrogen and oxygen atoms in total. The van der Waals surface area contributed by atoms with E-state index in [9.17, 15) is 9.18 Å². The van der Waals surface area contributed by atoms with E-state index in [1.165, 1.54) is 35.6 Å². The summed E-state index contributed by atoms with van der Waals surface area (Å²) in [5.74, 6) is -0.127. The number of hydrogen-bond donors (Lipinski definition) is 0. The molecule has 17 heavy (non-hydrogen) atoms. The minimum absolute atomic E-state index is 0.213. The quantitative estimate of drug-likeness (QED) is 0.663. The molecular weight excluding hydrogens is 241 g/mol. The number of benzene rings is 1. The molecule has 2 heterocycles. The van der Waals surface area contributed by atoms with Crippen molar-refractivity contribution >= 4 is 21.6 Å². The lowest BCUT2D eigenvalue weighted by Crippen LogP contribution is -2.05. The van der Waals surface area contributed by atoms with E-state index in [0.717, 1.165) is 0 Å². The summed E-state index contributed by atoms with van der Waals surface area (Å²) in [6, 6.07) is 7.33. The molecular formula is C12H6FNO2S. The molecule has 84 valence electrons. The minimum atomic E-state index is -0.340. The maximum atomic E-state index is 12.8. The Morgan fingerprint density at radius 2 is 1.94 bits per heavy atom. The third-order valence-corrected chi connectivity index (χ3v) is 3.13. The summed E-state index contributed by atoms with van der Waals surface area (Å²) in [6.45, 7) is 0. The van der Waals surface area contributed by atoms with Crippen LogP contribution >= 0.6 is 11.3 Å². The summed E-state index contributed by atoms with van der Waals surface area (Å²) in [4.78, 5) is 16.0. The number of nitrogens with zero attached hydrogens (tertiary/aromatic N) is 1. The average Bonchev–Trinajstić information content (AvgIpc) is 2.78. The van der Waals surface area contributed by atoms with E-state index in [-0.39, 0.29) is 17.3 Å². The second kappa shape index (κ2) is 3.78. The molecule has 0 spiro atoms. The molecule has 0 aliphatic heterocycles. The van der Waals surface area contributed by atoms with Crippen LogP contribution in [0.4, 0.5) is 4.39 Å². The first-order valence-electron chi connectivity index (χ1n) is 4.88. The van der Waals surface area contributed by atoms with Gasteiger partial charge in [0.1, 0.15) is 5.82 Å². The summed E-state index contributed by atoms with van der Waals surface area (Å²) in [6.07, 6.45) is 0. The minimum Gasteiger partial charge on any atom is -0.427 e. The van der Waals surface area contributed by atoms with Crippen LogP contribution in [0.15, 0.2) is 44.9 Å². The Kier molecular flexibility index (Phi) is 2.26. The molecule has 3 aromatic rings. The normalized spacial score (nSPS) is 10.9. The Labute approximate surface area is 99.2 Å². The number of hydrogen-bond acceptors (Lipinski definition) is 4. The first kappa shape index (κ1) is 10.2. The molecule has 0 atom stereocenters. The van der Waals surface area contributed by atoms with Crippen molar-refractivity contribution in [3.63, 3.8) is 0 Å². The van der Waals surface area contributed by atoms with E-state index >= 15 is 0 Å². The summed E-state index contributed by atoms with van der Waals surface area (Å²) >= 11 is 1.33. The van der Waals surface area contributed by atoms with Crippen molar-refractivity contribution < 1.29 is 8.81 Å². The molecule has 0 saturated heterocycles. The van der Waals surface area contributed by atoms with Gasteiger partial charge in [0.25, 0.3) is 5.56 Å². The standard InChI is InChI=1S/C12H6FNO2S/c13-8-3-1-7(2-4-8)11-14-10(15)9-5-6-17-12(9)16-11/h1-6H. The van der Waals surface area contributed by atoms with E-state index in [0.29, 0.717) is 15.8 Å². The molecule has 0 radical (unpaired) electrons. The average molecular weight is 247 g/mol. The van der Waals surface area contributed by atoms with Crippen molar-refractivity contribution in [2.75, 3.05) is 0 Å². The summed E-state index contributed by atoms with van der Waals surface area (Å²) in [5.41, 5.74) is 0.255. The van der Waals surface area contributed by atoms with Crippen molar-refractivity contribution in [2.45, 2.75) is 0 Å². The summed E-state index contributed by atoms with van der Waals surface area (Å²) in [7, 11) is 0. The van der Waals surface area contributed by atoms with Gasteiger partial charge in [-0.2, -0.15) is 4.98 Å². The van der Waals surface area contributed by atoms with E-state index < -0.39 is 0 Å². The molecule has 0 aliphatic rings. The van der Waals surface area contributed by atoms with Crippen molar-refractivity contribution in [2.24, 2.45) is 0 Å². The van der Waals surface area contributed by atoms with Crippen LogP contribution < -0.4 is 5.56 Å². The predicted octanol–water partition coefficient (Wildman–Crippen LogP) is 3.06. The Morgan fingerprint density at radius 3 is 2.71 bits per heavy atom. The zero-order valence-electron chi connectivity index (χ0n) is 8.51. The highest BCUT2D eigenvalue weighted by molar-refractivity contribution is 7.16. The number of halogens is 1. The van der Waals surface area contributed by atoms with Gasteiger partial charge in [-0.1, -0.05) is 0 Å². The molecule has 0 aliphatic carbocycles. The maximum absolute atomic E-state index is 12.8. The van der Waals surface area contributed by atoms with E-state index in [1.54, 1.807) is 11.4 Å². The van der Waals surface area contributed by atoms with Crippen molar-refractivity contribution in [1.29, 1.82) is 0 Å². The number of rotatable bonds is 1. The van der Waals surface area contributed by atoms with Gasteiger partial charge in [-0.3, -0.25) is 4.79 Å². The van der Waals surface area contributed by atoms with Crippen LogP contribution in [0.5, 0.6) is 0 Å². The second-order valence-corrected chi connectivity index (χ2v) is 4.33. The smallest absolute Gasteiger partial charge is 0.284 e.